The summed E-state index contributed by atoms with van der Waals surface area (Å²) in [6.45, 7) is 3.33. The van der Waals surface area contributed by atoms with E-state index in [1.807, 2.05) is 13.0 Å². The third kappa shape index (κ3) is 3.72. The van der Waals surface area contributed by atoms with Crippen molar-refractivity contribution in [2.75, 3.05) is 6.54 Å². The van der Waals surface area contributed by atoms with Crippen molar-refractivity contribution in [1.29, 1.82) is 0 Å². The summed E-state index contributed by atoms with van der Waals surface area (Å²) in [5.41, 5.74) is 0.755. The van der Waals surface area contributed by atoms with Crippen molar-refractivity contribution in [2.24, 2.45) is 0 Å². The van der Waals surface area contributed by atoms with Crippen LogP contribution in [0.25, 0.3) is 0 Å². The van der Waals surface area contributed by atoms with E-state index >= 15 is 0 Å². The quantitative estimate of drug-likeness (QED) is 0.798. The fourth-order valence-corrected chi connectivity index (χ4v) is 2.45. The van der Waals surface area contributed by atoms with Gasteiger partial charge in [-0.05, 0) is 30.8 Å². The lowest BCUT2D eigenvalue weighted by atomic mass is 10.2. The molecule has 2 nitrogen and oxygen atoms in total. The Morgan fingerprint density at radius 3 is 2.80 bits per heavy atom. The van der Waals surface area contributed by atoms with E-state index in [1.54, 1.807) is 24.3 Å². The van der Waals surface area contributed by atoms with Gasteiger partial charge < -0.3 is 10.1 Å². The van der Waals surface area contributed by atoms with Crippen molar-refractivity contribution in [3.8, 4) is 11.5 Å². The molecule has 0 bridgehead atoms. The molecule has 0 saturated heterocycles. The zero-order valence-electron chi connectivity index (χ0n) is 10.9. The summed E-state index contributed by atoms with van der Waals surface area (Å²) < 4.78 is 20.5. The Bertz CT molecular complexity index is 606. The van der Waals surface area contributed by atoms with Gasteiger partial charge in [0.05, 0.1) is 5.02 Å². The summed E-state index contributed by atoms with van der Waals surface area (Å²) in [7, 11) is 0. The van der Waals surface area contributed by atoms with Crippen molar-refractivity contribution < 1.29 is 9.13 Å². The molecular weight excluding hydrogens is 345 g/mol. The smallest absolute Gasteiger partial charge is 0.167 e. The molecule has 0 radical (unpaired) electrons. The minimum atomic E-state index is -0.403. The van der Waals surface area contributed by atoms with Gasteiger partial charge in [-0.2, -0.15) is 0 Å². The molecule has 2 aromatic rings. The number of ether oxygens (including phenoxy) is 1. The molecule has 106 valence electrons. The van der Waals surface area contributed by atoms with Gasteiger partial charge in [0, 0.05) is 16.6 Å². The van der Waals surface area contributed by atoms with Gasteiger partial charge in [0.1, 0.15) is 5.75 Å². The molecular formula is C15H14BrClFNO. The summed E-state index contributed by atoms with van der Waals surface area (Å²) in [5.74, 6) is 0.231. The Morgan fingerprint density at radius 1 is 1.30 bits per heavy atom. The first-order valence-corrected chi connectivity index (χ1v) is 7.40. The van der Waals surface area contributed by atoms with Crippen LogP contribution in [0.15, 0.2) is 40.9 Å². The molecule has 0 spiro atoms. The fraction of sp³-hybridized carbons (Fsp3) is 0.200. The Labute approximate surface area is 131 Å². The molecule has 0 saturated carbocycles. The van der Waals surface area contributed by atoms with Crippen LogP contribution in [0.3, 0.4) is 0 Å². The lowest BCUT2D eigenvalue weighted by molar-refractivity contribution is 0.434. The van der Waals surface area contributed by atoms with E-state index in [1.165, 1.54) is 6.07 Å². The van der Waals surface area contributed by atoms with E-state index in [0.717, 1.165) is 16.6 Å². The summed E-state index contributed by atoms with van der Waals surface area (Å²) in [6.07, 6.45) is 0. The fourth-order valence-electron chi connectivity index (χ4n) is 1.73. The minimum Gasteiger partial charge on any atom is -0.452 e. The second-order valence-electron chi connectivity index (χ2n) is 4.19. The number of para-hydroxylation sites is 1. The van der Waals surface area contributed by atoms with Crippen molar-refractivity contribution in [3.05, 3.63) is 57.3 Å². The van der Waals surface area contributed by atoms with Crippen LogP contribution in [0.5, 0.6) is 11.5 Å². The number of benzene rings is 2. The van der Waals surface area contributed by atoms with E-state index in [9.17, 15) is 4.39 Å². The van der Waals surface area contributed by atoms with Crippen LogP contribution in [-0.2, 0) is 6.54 Å². The lowest BCUT2D eigenvalue weighted by Gasteiger charge is -2.13. The zero-order valence-corrected chi connectivity index (χ0v) is 13.3. The maximum absolute atomic E-state index is 14.0. The third-order valence-corrected chi connectivity index (χ3v) is 3.51. The Kier molecular flexibility index (Phi) is 5.40. The predicted molar refractivity (Wildman–Crippen MR) is 83.0 cm³/mol. The second kappa shape index (κ2) is 7.07. The van der Waals surface area contributed by atoms with Crippen LogP contribution in [0, 0.1) is 5.82 Å². The summed E-state index contributed by atoms with van der Waals surface area (Å²) >= 11 is 9.42. The average Bonchev–Trinajstić information content (AvgIpc) is 2.42. The molecule has 0 atom stereocenters. The Hall–Kier alpha value is -1.10. The molecule has 5 heteroatoms. The van der Waals surface area contributed by atoms with Crippen molar-refractivity contribution in [1.82, 2.24) is 5.32 Å². The zero-order chi connectivity index (χ0) is 14.5. The van der Waals surface area contributed by atoms with Gasteiger partial charge in [0.15, 0.2) is 11.6 Å². The highest BCUT2D eigenvalue weighted by Crippen LogP contribution is 2.34. The van der Waals surface area contributed by atoms with Crippen LogP contribution in [0.4, 0.5) is 4.39 Å². The van der Waals surface area contributed by atoms with E-state index in [0.29, 0.717) is 17.3 Å². The van der Waals surface area contributed by atoms with Gasteiger partial charge in [0.2, 0.25) is 0 Å². The van der Waals surface area contributed by atoms with Crippen LogP contribution in [-0.4, -0.2) is 6.54 Å². The highest BCUT2D eigenvalue weighted by molar-refractivity contribution is 9.10. The molecule has 0 aliphatic rings. The third-order valence-electron chi connectivity index (χ3n) is 2.72. The molecule has 0 aromatic heterocycles. The number of hydrogen-bond acceptors (Lipinski definition) is 2. The molecule has 0 fully saturated rings. The van der Waals surface area contributed by atoms with Crippen molar-refractivity contribution >= 4 is 27.5 Å². The molecule has 0 unspecified atom stereocenters. The number of rotatable bonds is 5. The molecule has 1 N–H and O–H groups in total. The standard InChI is InChI=1S/C15H14BrClFNO/c1-2-19-9-10-4-3-5-13(18)15(10)20-14-7-6-11(16)8-12(14)17/h3-8,19H,2,9H2,1H3. The van der Waals surface area contributed by atoms with Crippen LogP contribution < -0.4 is 10.1 Å². The maximum atomic E-state index is 14.0. The topological polar surface area (TPSA) is 21.3 Å². The molecule has 2 rings (SSSR count). The normalized spacial score (nSPS) is 10.6. The first kappa shape index (κ1) is 15.3. The Morgan fingerprint density at radius 2 is 2.10 bits per heavy atom. The summed E-state index contributed by atoms with van der Waals surface area (Å²) in [5, 5.41) is 3.58. The molecule has 0 amide bonds. The minimum absolute atomic E-state index is 0.206. The van der Waals surface area contributed by atoms with E-state index in [-0.39, 0.29) is 5.75 Å². The number of halogens is 3. The van der Waals surface area contributed by atoms with Gasteiger partial charge in [-0.3, -0.25) is 0 Å². The molecule has 2 aromatic carbocycles. The monoisotopic (exact) mass is 357 g/mol. The molecule has 20 heavy (non-hydrogen) atoms. The predicted octanol–water partition coefficient (Wildman–Crippen LogP) is 5.14. The van der Waals surface area contributed by atoms with Gasteiger partial charge in [-0.15, -0.1) is 0 Å². The summed E-state index contributed by atoms with van der Waals surface area (Å²) in [6, 6.07) is 10.1. The van der Waals surface area contributed by atoms with Gasteiger partial charge in [-0.25, -0.2) is 4.39 Å². The highest BCUT2D eigenvalue weighted by Gasteiger charge is 2.12. The van der Waals surface area contributed by atoms with Crippen LogP contribution in [0.1, 0.15) is 12.5 Å². The second-order valence-corrected chi connectivity index (χ2v) is 5.51. The maximum Gasteiger partial charge on any atom is 0.167 e. The van der Waals surface area contributed by atoms with Gasteiger partial charge in [0.25, 0.3) is 0 Å². The first-order chi connectivity index (χ1) is 9.61. The van der Waals surface area contributed by atoms with Crippen LogP contribution >= 0.6 is 27.5 Å². The first-order valence-electron chi connectivity index (χ1n) is 6.23. The van der Waals surface area contributed by atoms with E-state index < -0.39 is 5.82 Å². The lowest BCUT2D eigenvalue weighted by Crippen LogP contribution is -2.12. The molecule has 0 heterocycles. The summed E-state index contributed by atoms with van der Waals surface area (Å²) in [4.78, 5) is 0. The van der Waals surface area contributed by atoms with Gasteiger partial charge in [-0.1, -0.05) is 46.6 Å². The highest BCUT2D eigenvalue weighted by atomic mass is 79.9. The van der Waals surface area contributed by atoms with Crippen molar-refractivity contribution in [2.45, 2.75) is 13.5 Å². The Balaban J connectivity index is 2.32. The van der Waals surface area contributed by atoms with Gasteiger partial charge >= 0.3 is 0 Å². The van der Waals surface area contributed by atoms with Crippen LogP contribution in [0.2, 0.25) is 5.02 Å². The van der Waals surface area contributed by atoms with E-state index in [4.69, 9.17) is 16.3 Å². The number of nitrogens with one attached hydrogen (secondary N) is 1. The van der Waals surface area contributed by atoms with Crippen molar-refractivity contribution in [3.63, 3.8) is 0 Å². The average molecular weight is 359 g/mol. The molecule has 0 aliphatic heterocycles. The number of hydrogen-bond donors (Lipinski definition) is 1. The largest absolute Gasteiger partial charge is 0.452 e. The molecule has 0 aliphatic carbocycles. The van der Waals surface area contributed by atoms with E-state index in [2.05, 4.69) is 21.2 Å². The SMILES string of the molecule is CCNCc1cccc(F)c1Oc1ccc(Br)cc1Cl.